The fourth-order valence-corrected chi connectivity index (χ4v) is 5.03. The predicted molar refractivity (Wildman–Crippen MR) is 109 cm³/mol. The van der Waals surface area contributed by atoms with Gasteiger partial charge in [-0.05, 0) is 31.2 Å². The van der Waals surface area contributed by atoms with E-state index < -0.39 is 11.4 Å². The molecule has 1 N–H and O–H groups in total. The molecule has 0 spiro atoms. The van der Waals surface area contributed by atoms with Crippen LogP contribution in [0, 0.1) is 0 Å². The number of benzene rings is 1. The van der Waals surface area contributed by atoms with E-state index in [9.17, 15) is 14.7 Å². The van der Waals surface area contributed by atoms with Crippen LogP contribution in [0.4, 0.5) is 4.79 Å². The van der Waals surface area contributed by atoms with Gasteiger partial charge in [-0.3, -0.25) is 9.69 Å². The fraction of sp³-hybridized carbons (Fsp3) is 0.636. The maximum Gasteiger partial charge on any atom is 0.320 e. The number of hydrogen-bond acceptors (Lipinski definition) is 4. The van der Waals surface area contributed by atoms with Crippen LogP contribution in [0.2, 0.25) is 0 Å². The number of carbonyl (C=O) groups is 2. The predicted octanol–water partition coefficient (Wildman–Crippen LogP) is 2.02. The number of urea groups is 1. The molecule has 7 nitrogen and oxygen atoms in total. The first-order valence-electron chi connectivity index (χ1n) is 10.7. The molecule has 0 saturated carbocycles. The number of carboxylic acid groups (broad SMARTS) is 1. The molecule has 3 aliphatic heterocycles. The summed E-state index contributed by atoms with van der Waals surface area (Å²) < 4.78 is 5.44. The Hall–Kier alpha value is -2.12. The molecule has 0 unspecified atom stereocenters. The topological polar surface area (TPSA) is 73.3 Å². The Morgan fingerprint density at radius 1 is 0.897 bits per heavy atom. The maximum absolute atomic E-state index is 13.0. The van der Waals surface area contributed by atoms with Gasteiger partial charge in [-0.1, -0.05) is 30.3 Å². The zero-order chi connectivity index (χ0) is 20.3. The van der Waals surface area contributed by atoms with Crippen LogP contribution in [0.5, 0.6) is 0 Å². The second-order valence-electron chi connectivity index (χ2n) is 8.39. The van der Waals surface area contributed by atoms with E-state index >= 15 is 0 Å². The Labute approximate surface area is 172 Å². The first kappa shape index (κ1) is 20.2. The molecule has 3 fully saturated rings. The smallest absolute Gasteiger partial charge is 0.320 e. The van der Waals surface area contributed by atoms with Gasteiger partial charge in [0.25, 0.3) is 0 Å². The van der Waals surface area contributed by atoms with Crippen molar-refractivity contribution in [2.75, 3.05) is 52.5 Å². The van der Waals surface area contributed by atoms with E-state index in [-0.39, 0.29) is 6.03 Å². The first-order valence-corrected chi connectivity index (χ1v) is 10.7. The lowest BCUT2D eigenvalue weighted by molar-refractivity contribution is -0.145. The quantitative estimate of drug-likeness (QED) is 0.839. The van der Waals surface area contributed by atoms with Gasteiger partial charge >= 0.3 is 12.0 Å². The molecule has 1 aromatic rings. The molecule has 4 rings (SSSR count). The summed E-state index contributed by atoms with van der Waals surface area (Å²) in [6.07, 6.45) is 2.93. The average Bonchev–Trinajstić information content (AvgIpc) is 2.80. The van der Waals surface area contributed by atoms with E-state index in [0.29, 0.717) is 32.0 Å². The van der Waals surface area contributed by atoms with Gasteiger partial charge in [-0.25, -0.2) is 4.79 Å². The Kier molecular flexibility index (Phi) is 6.06. The van der Waals surface area contributed by atoms with Crippen LogP contribution in [0.3, 0.4) is 0 Å². The summed E-state index contributed by atoms with van der Waals surface area (Å²) in [6.45, 7) is 6.12. The number of morpholine rings is 1. The van der Waals surface area contributed by atoms with Crippen LogP contribution < -0.4 is 0 Å². The first-order chi connectivity index (χ1) is 14.1. The minimum Gasteiger partial charge on any atom is -0.481 e. The highest BCUT2D eigenvalue weighted by Gasteiger charge is 2.44. The summed E-state index contributed by atoms with van der Waals surface area (Å²) in [5.41, 5.74) is -0.0487. The van der Waals surface area contributed by atoms with Crippen molar-refractivity contribution in [3.63, 3.8) is 0 Å². The van der Waals surface area contributed by atoms with Gasteiger partial charge in [0, 0.05) is 45.3 Å². The molecule has 0 radical (unpaired) electrons. The Morgan fingerprint density at radius 2 is 1.48 bits per heavy atom. The number of rotatable bonds is 3. The van der Waals surface area contributed by atoms with E-state index in [1.165, 1.54) is 0 Å². The molecule has 3 saturated heterocycles. The van der Waals surface area contributed by atoms with E-state index in [4.69, 9.17) is 4.74 Å². The number of ether oxygens (including phenoxy) is 1. The molecule has 0 aromatic heterocycles. The summed E-state index contributed by atoms with van der Waals surface area (Å²) in [4.78, 5) is 31.4. The summed E-state index contributed by atoms with van der Waals surface area (Å²) in [5.74, 6) is -0.790. The van der Waals surface area contributed by atoms with Crippen molar-refractivity contribution in [2.45, 2.75) is 37.1 Å². The van der Waals surface area contributed by atoms with Gasteiger partial charge in [0.2, 0.25) is 0 Å². The Bertz CT molecular complexity index is 704. The van der Waals surface area contributed by atoms with Crippen molar-refractivity contribution in [3.05, 3.63) is 35.9 Å². The minimum atomic E-state index is -0.888. The number of nitrogens with zero attached hydrogens (tertiary/aromatic N) is 3. The van der Waals surface area contributed by atoms with Gasteiger partial charge in [0.1, 0.15) is 0 Å². The highest BCUT2D eigenvalue weighted by atomic mass is 16.5. The van der Waals surface area contributed by atoms with E-state index in [1.54, 1.807) is 0 Å². The molecule has 3 heterocycles. The third-order valence-electron chi connectivity index (χ3n) is 6.92. The van der Waals surface area contributed by atoms with Crippen molar-refractivity contribution in [3.8, 4) is 0 Å². The number of hydrogen-bond donors (Lipinski definition) is 1. The minimum absolute atomic E-state index is 0.0671. The second-order valence-corrected chi connectivity index (χ2v) is 8.39. The van der Waals surface area contributed by atoms with Gasteiger partial charge < -0.3 is 19.6 Å². The number of aliphatic carboxylic acids is 1. The van der Waals surface area contributed by atoms with Crippen LogP contribution in [-0.2, 0) is 14.9 Å². The standard InChI is InChI=1S/C22H31N3O4/c26-20(27)22(18-4-2-1-3-5-18)8-12-25(13-9-22)21(28)24-10-6-19(7-11-24)23-14-16-29-17-15-23/h1-5,19H,6-17H2,(H,26,27). The van der Waals surface area contributed by atoms with Crippen molar-refractivity contribution < 1.29 is 19.4 Å². The lowest BCUT2D eigenvalue weighted by Crippen LogP contribution is -2.55. The summed E-state index contributed by atoms with van der Waals surface area (Å²) >= 11 is 0. The van der Waals surface area contributed by atoms with Gasteiger partial charge in [0.05, 0.1) is 18.6 Å². The number of piperidine rings is 2. The van der Waals surface area contributed by atoms with E-state index in [0.717, 1.165) is 57.8 Å². The van der Waals surface area contributed by atoms with Crippen molar-refractivity contribution >= 4 is 12.0 Å². The molecule has 7 heteroatoms. The zero-order valence-electron chi connectivity index (χ0n) is 17.0. The fourth-order valence-electron chi connectivity index (χ4n) is 5.03. The largest absolute Gasteiger partial charge is 0.481 e. The number of carboxylic acids is 1. The molecule has 0 atom stereocenters. The monoisotopic (exact) mass is 401 g/mol. The number of carbonyl (C=O) groups excluding carboxylic acids is 1. The number of amides is 2. The molecule has 2 amide bonds. The highest BCUT2D eigenvalue weighted by Crippen LogP contribution is 2.36. The van der Waals surface area contributed by atoms with Crippen LogP contribution in [0.15, 0.2) is 30.3 Å². The summed E-state index contributed by atoms with van der Waals surface area (Å²) in [6, 6.07) is 10.1. The summed E-state index contributed by atoms with van der Waals surface area (Å²) in [7, 11) is 0. The van der Waals surface area contributed by atoms with Crippen molar-refractivity contribution in [2.24, 2.45) is 0 Å². The SMILES string of the molecule is O=C(N1CCC(N2CCOCC2)CC1)N1CCC(C(=O)O)(c2ccccc2)CC1. The van der Waals surface area contributed by atoms with E-state index in [2.05, 4.69) is 4.90 Å². The lowest BCUT2D eigenvalue weighted by atomic mass is 9.73. The second kappa shape index (κ2) is 8.71. The Morgan fingerprint density at radius 3 is 2.07 bits per heavy atom. The molecular formula is C22H31N3O4. The molecule has 1 aromatic carbocycles. The van der Waals surface area contributed by atoms with E-state index in [1.807, 2.05) is 40.1 Å². The molecule has 158 valence electrons. The average molecular weight is 402 g/mol. The van der Waals surface area contributed by atoms with Gasteiger partial charge in [-0.15, -0.1) is 0 Å². The lowest BCUT2D eigenvalue weighted by Gasteiger charge is -2.43. The van der Waals surface area contributed by atoms with Crippen LogP contribution >= 0.6 is 0 Å². The van der Waals surface area contributed by atoms with Gasteiger partial charge in [0.15, 0.2) is 0 Å². The Balaban J connectivity index is 1.33. The van der Waals surface area contributed by atoms with Crippen molar-refractivity contribution in [1.82, 2.24) is 14.7 Å². The molecule has 3 aliphatic rings. The van der Waals surface area contributed by atoms with Crippen LogP contribution in [0.1, 0.15) is 31.2 Å². The zero-order valence-corrected chi connectivity index (χ0v) is 17.0. The highest BCUT2D eigenvalue weighted by molar-refractivity contribution is 5.82. The normalized spacial score (nSPS) is 23.7. The summed E-state index contributed by atoms with van der Waals surface area (Å²) in [5, 5.41) is 9.94. The van der Waals surface area contributed by atoms with Gasteiger partial charge in [-0.2, -0.15) is 0 Å². The van der Waals surface area contributed by atoms with Crippen molar-refractivity contribution in [1.29, 1.82) is 0 Å². The molecule has 0 bridgehead atoms. The third-order valence-corrected chi connectivity index (χ3v) is 6.92. The number of likely N-dealkylation sites (tertiary alicyclic amines) is 2. The molecule has 0 aliphatic carbocycles. The maximum atomic E-state index is 13.0. The molecular weight excluding hydrogens is 370 g/mol. The van der Waals surface area contributed by atoms with Crippen LogP contribution in [0.25, 0.3) is 0 Å². The van der Waals surface area contributed by atoms with Crippen LogP contribution in [-0.4, -0.2) is 90.3 Å². The molecule has 29 heavy (non-hydrogen) atoms. The third kappa shape index (κ3) is 4.12.